The molecule has 0 aliphatic carbocycles. The predicted octanol–water partition coefficient (Wildman–Crippen LogP) is 4.66. The van der Waals surface area contributed by atoms with Gasteiger partial charge in [-0.05, 0) is 36.1 Å². The van der Waals surface area contributed by atoms with Crippen molar-refractivity contribution in [3.05, 3.63) is 56.3 Å². The minimum absolute atomic E-state index is 0.154. The van der Waals surface area contributed by atoms with Crippen LogP contribution in [0.2, 0.25) is 0 Å². The first-order valence-electron chi connectivity index (χ1n) is 7.72. The fraction of sp³-hybridized carbons (Fsp3) is 0.263. The zero-order chi connectivity index (χ0) is 17.6. The van der Waals surface area contributed by atoms with Crippen LogP contribution in [0.5, 0.6) is 5.75 Å². The number of phenols is 1. The van der Waals surface area contributed by atoms with Crippen molar-refractivity contribution in [1.29, 1.82) is 0 Å². The Hall–Kier alpha value is -2.14. The van der Waals surface area contributed by atoms with Gasteiger partial charge in [0, 0.05) is 10.0 Å². The summed E-state index contributed by atoms with van der Waals surface area (Å²) in [6, 6.07) is 9.10. The van der Waals surface area contributed by atoms with E-state index in [1.165, 1.54) is 0 Å². The SMILES string of the molecule is Cc1c(Br)cc(C(C)(C)C)c(O)c1-c1nc2ccccc2c(=O)[nH]1. The highest BCUT2D eigenvalue weighted by Gasteiger charge is 2.25. The van der Waals surface area contributed by atoms with Gasteiger partial charge in [-0.3, -0.25) is 4.79 Å². The van der Waals surface area contributed by atoms with E-state index in [2.05, 4.69) is 25.9 Å². The fourth-order valence-electron chi connectivity index (χ4n) is 2.80. The van der Waals surface area contributed by atoms with E-state index in [0.29, 0.717) is 22.3 Å². The number of aromatic hydroxyl groups is 1. The summed E-state index contributed by atoms with van der Waals surface area (Å²) in [5.41, 5.74) is 2.33. The van der Waals surface area contributed by atoms with Crippen LogP contribution in [-0.2, 0) is 5.41 Å². The van der Waals surface area contributed by atoms with Crippen molar-refractivity contribution in [3.8, 4) is 17.1 Å². The summed E-state index contributed by atoms with van der Waals surface area (Å²) in [6.45, 7) is 7.99. The lowest BCUT2D eigenvalue weighted by atomic mass is 9.84. The molecule has 0 unspecified atom stereocenters. The summed E-state index contributed by atoms with van der Waals surface area (Å²) >= 11 is 3.56. The quantitative estimate of drug-likeness (QED) is 0.638. The highest BCUT2D eigenvalue weighted by molar-refractivity contribution is 9.10. The third-order valence-electron chi connectivity index (χ3n) is 4.15. The molecular weight excluding hydrogens is 368 g/mol. The lowest BCUT2D eigenvalue weighted by Gasteiger charge is -2.23. The molecule has 0 bridgehead atoms. The van der Waals surface area contributed by atoms with Gasteiger partial charge in [0.15, 0.2) is 0 Å². The first kappa shape index (κ1) is 16.7. The molecule has 0 amide bonds. The van der Waals surface area contributed by atoms with Crippen molar-refractivity contribution in [2.75, 3.05) is 0 Å². The fourth-order valence-corrected chi connectivity index (χ4v) is 3.23. The van der Waals surface area contributed by atoms with Crippen LogP contribution in [-0.4, -0.2) is 15.1 Å². The van der Waals surface area contributed by atoms with Gasteiger partial charge in [0.25, 0.3) is 5.56 Å². The van der Waals surface area contributed by atoms with E-state index < -0.39 is 0 Å². The number of phenolic OH excluding ortho intramolecular Hbond substituents is 1. The third kappa shape index (κ3) is 2.73. The normalized spacial score (nSPS) is 11.9. The number of H-pyrrole nitrogens is 1. The van der Waals surface area contributed by atoms with Gasteiger partial charge in [-0.2, -0.15) is 0 Å². The Balaban J connectivity index is 2.38. The number of hydrogen-bond donors (Lipinski definition) is 2. The van der Waals surface area contributed by atoms with Crippen LogP contribution in [0.4, 0.5) is 0 Å². The minimum Gasteiger partial charge on any atom is -0.507 e. The molecule has 3 aromatic rings. The molecule has 2 N–H and O–H groups in total. The molecule has 0 atom stereocenters. The van der Waals surface area contributed by atoms with Gasteiger partial charge >= 0.3 is 0 Å². The van der Waals surface area contributed by atoms with Crippen LogP contribution in [0, 0.1) is 6.92 Å². The molecule has 1 aromatic heterocycles. The maximum absolute atomic E-state index is 12.4. The van der Waals surface area contributed by atoms with Gasteiger partial charge in [-0.15, -0.1) is 0 Å². The van der Waals surface area contributed by atoms with Crippen molar-refractivity contribution in [3.63, 3.8) is 0 Å². The number of aromatic amines is 1. The number of halogens is 1. The smallest absolute Gasteiger partial charge is 0.259 e. The second kappa shape index (κ2) is 5.74. The minimum atomic E-state index is -0.244. The Morgan fingerprint density at radius 3 is 2.54 bits per heavy atom. The molecule has 5 heteroatoms. The first-order valence-corrected chi connectivity index (χ1v) is 8.51. The summed E-state index contributed by atoms with van der Waals surface area (Å²) in [7, 11) is 0. The third-order valence-corrected chi connectivity index (χ3v) is 4.98. The Bertz CT molecular complexity index is 1000. The molecule has 0 aliphatic rings. The van der Waals surface area contributed by atoms with Crippen molar-refractivity contribution >= 4 is 26.8 Å². The van der Waals surface area contributed by atoms with Crippen molar-refractivity contribution in [2.45, 2.75) is 33.1 Å². The maximum Gasteiger partial charge on any atom is 0.259 e. The molecule has 124 valence electrons. The zero-order valence-electron chi connectivity index (χ0n) is 14.1. The standard InChI is InChI=1S/C19H19BrN2O2/c1-10-13(20)9-12(19(2,3)4)16(23)15(10)17-21-14-8-6-5-7-11(14)18(24)22-17/h5-9,23H,1-4H3,(H,21,22,24). The van der Waals surface area contributed by atoms with Gasteiger partial charge < -0.3 is 10.1 Å². The number of nitrogens with one attached hydrogen (secondary N) is 1. The zero-order valence-corrected chi connectivity index (χ0v) is 15.7. The number of benzene rings is 2. The van der Waals surface area contributed by atoms with Crippen LogP contribution in [0.25, 0.3) is 22.3 Å². The average Bonchev–Trinajstić information content (AvgIpc) is 2.50. The van der Waals surface area contributed by atoms with Gasteiger partial charge in [-0.25, -0.2) is 4.98 Å². The maximum atomic E-state index is 12.4. The summed E-state index contributed by atoms with van der Waals surface area (Å²) < 4.78 is 0.871. The molecule has 0 saturated carbocycles. The average molecular weight is 387 g/mol. The van der Waals surface area contributed by atoms with Gasteiger partial charge in [0.2, 0.25) is 0 Å². The summed E-state index contributed by atoms with van der Waals surface area (Å²) in [4.78, 5) is 19.7. The lowest BCUT2D eigenvalue weighted by molar-refractivity contribution is 0.447. The van der Waals surface area contributed by atoms with Crippen LogP contribution in [0.15, 0.2) is 39.6 Å². The van der Waals surface area contributed by atoms with Crippen molar-refractivity contribution in [2.24, 2.45) is 0 Å². The second-order valence-corrected chi connectivity index (χ2v) is 7.79. The van der Waals surface area contributed by atoms with Gasteiger partial charge in [0.1, 0.15) is 11.6 Å². The Morgan fingerprint density at radius 1 is 1.21 bits per heavy atom. The largest absolute Gasteiger partial charge is 0.507 e. The topological polar surface area (TPSA) is 66.0 Å². The molecule has 0 fully saturated rings. The number of rotatable bonds is 1. The summed E-state index contributed by atoms with van der Waals surface area (Å²) in [5.74, 6) is 0.530. The van der Waals surface area contributed by atoms with E-state index >= 15 is 0 Å². The molecule has 3 rings (SSSR count). The highest BCUT2D eigenvalue weighted by atomic mass is 79.9. The lowest BCUT2D eigenvalue weighted by Crippen LogP contribution is -2.14. The molecule has 24 heavy (non-hydrogen) atoms. The van der Waals surface area contributed by atoms with Crippen LogP contribution in [0.3, 0.4) is 0 Å². The van der Waals surface area contributed by atoms with E-state index in [1.54, 1.807) is 18.2 Å². The molecule has 0 radical (unpaired) electrons. The molecule has 0 aliphatic heterocycles. The molecule has 0 spiro atoms. The van der Waals surface area contributed by atoms with E-state index in [9.17, 15) is 9.90 Å². The van der Waals surface area contributed by atoms with Crippen molar-refractivity contribution < 1.29 is 5.11 Å². The van der Waals surface area contributed by atoms with E-state index in [1.807, 2.05) is 39.8 Å². The highest BCUT2D eigenvalue weighted by Crippen LogP contribution is 2.42. The summed E-state index contributed by atoms with van der Waals surface area (Å²) in [6.07, 6.45) is 0. The van der Waals surface area contributed by atoms with Crippen molar-refractivity contribution in [1.82, 2.24) is 9.97 Å². The number of para-hydroxylation sites is 1. The molecular formula is C19H19BrN2O2. The second-order valence-electron chi connectivity index (χ2n) is 6.94. The van der Waals surface area contributed by atoms with Crippen LogP contribution in [0.1, 0.15) is 31.9 Å². The first-order chi connectivity index (χ1) is 11.2. The Labute approximate surface area is 148 Å². The van der Waals surface area contributed by atoms with Crippen LogP contribution >= 0.6 is 15.9 Å². The Kier molecular flexibility index (Phi) is 4.00. The number of fused-ring (bicyclic) bond motifs is 1. The van der Waals surface area contributed by atoms with Crippen LogP contribution < -0.4 is 5.56 Å². The number of hydrogen-bond acceptors (Lipinski definition) is 3. The molecule has 1 heterocycles. The number of aromatic nitrogens is 2. The monoisotopic (exact) mass is 386 g/mol. The van der Waals surface area contributed by atoms with Gasteiger partial charge in [-0.1, -0.05) is 48.8 Å². The predicted molar refractivity (Wildman–Crippen MR) is 101 cm³/mol. The van der Waals surface area contributed by atoms with E-state index in [-0.39, 0.29) is 16.7 Å². The summed E-state index contributed by atoms with van der Waals surface area (Å²) in [5, 5.41) is 11.4. The number of nitrogens with zero attached hydrogens (tertiary/aromatic N) is 1. The van der Waals surface area contributed by atoms with E-state index in [4.69, 9.17) is 0 Å². The molecule has 2 aromatic carbocycles. The molecule has 4 nitrogen and oxygen atoms in total. The van der Waals surface area contributed by atoms with Gasteiger partial charge in [0.05, 0.1) is 16.5 Å². The Morgan fingerprint density at radius 2 is 1.88 bits per heavy atom. The molecule has 0 saturated heterocycles. The van der Waals surface area contributed by atoms with E-state index in [0.717, 1.165) is 15.6 Å².